The molecule has 2 heteroatoms. The third-order valence-corrected chi connectivity index (χ3v) is 11.9. The first-order valence-electron chi connectivity index (χ1n) is 14.3. The van der Waals surface area contributed by atoms with Gasteiger partial charge in [0.1, 0.15) is 6.10 Å². The van der Waals surface area contributed by atoms with Gasteiger partial charge < -0.3 is 4.74 Å². The van der Waals surface area contributed by atoms with Crippen molar-refractivity contribution in [2.45, 2.75) is 133 Å². The second-order valence-electron chi connectivity index (χ2n) is 14.2. The average Bonchev–Trinajstić information content (AvgIpc) is 3.01. The molecule has 0 saturated heterocycles. The SMILES string of the molecule is CC(=O)OC1CC[C@]2(C)C3=C(CCC2C1(C)C)[C@]1(C)CCC([C@@H](C)CCC=C(C)C)[C@@]1(C)CC3. The summed E-state index contributed by atoms with van der Waals surface area (Å²) in [5.41, 5.74) is 6.25. The summed E-state index contributed by atoms with van der Waals surface area (Å²) >= 11 is 0. The minimum Gasteiger partial charge on any atom is -0.462 e. The van der Waals surface area contributed by atoms with E-state index in [-0.39, 0.29) is 22.9 Å². The van der Waals surface area contributed by atoms with Crippen LogP contribution in [0.2, 0.25) is 0 Å². The maximum Gasteiger partial charge on any atom is 0.302 e. The van der Waals surface area contributed by atoms with Gasteiger partial charge in [-0.2, -0.15) is 0 Å². The van der Waals surface area contributed by atoms with Crippen molar-refractivity contribution in [1.29, 1.82) is 0 Å². The van der Waals surface area contributed by atoms with Crippen molar-refractivity contribution in [2.24, 2.45) is 39.4 Å². The molecule has 0 N–H and O–H groups in total. The number of fused-ring (bicyclic) bond motifs is 4. The number of carbonyl (C=O) groups excluding carboxylic acids is 1. The Kier molecular flexibility index (Phi) is 6.74. The Morgan fingerprint density at radius 1 is 0.971 bits per heavy atom. The minimum atomic E-state index is -0.117. The van der Waals surface area contributed by atoms with Gasteiger partial charge in [0.15, 0.2) is 0 Å². The molecule has 2 nitrogen and oxygen atoms in total. The summed E-state index contributed by atoms with van der Waals surface area (Å²) in [5, 5.41) is 0. The molecule has 7 atom stereocenters. The highest BCUT2D eigenvalue weighted by molar-refractivity contribution is 5.66. The Morgan fingerprint density at radius 3 is 2.32 bits per heavy atom. The van der Waals surface area contributed by atoms with Crippen LogP contribution in [-0.4, -0.2) is 12.1 Å². The predicted molar refractivity (Wildman–Crippen MR) is 142 cm³/mol. The van der Waals surface area contributed by atoms with Gasteiger partial charge in [-0.15, -0.1) is 0 Å². The van der Waals surface area contributed by atoms with Crippen LogP contribution < -0.4 is 0 Å². The standard InChI is InChI=1S/C32H52O2/c1-21(2)11-10-12-22(3)24-15-19-32(9)26-13-14-27-29(5,6)28(34-23(4)33)17-18-30(27,7)25(26)16-20-31(24,32)8/h11,22,24,27-28H,10,12-20H2,1-9H3/t22-,24?,27?,28?,30+,31+,32-/m0/s1. The molecule has 0 aromatic heterocycles. The molecule has 0 aromatic rings. The lowest BCUT2D eigenvalue weighted by Crippen LogP contribution is -2.55. The van der Waals surface area contributed by atoms with Gasteiger partial charge in [-0.1, -0.05) is 64.3 Å². The van der Waals surface area contributed by atoms with Crippen LogP contribution >= 0.6 is 0 Å². The molecule has 2 saturated carbocycles. The highest BCUT2D eigenvalue weighted by Gasteiger charge is 2.63. The van der Waals surface area contributed by atoms with E-state index in [1.807, 2.05) is 11.1 Å². The van der Waals surface area contributed by atoms with Crippen molar-refractivity contribution in [1.82, 2.24) is 0 Å². The molecular weight excluding hydrogens is 416 g/mol. The monoisotopic (exact) mass is 468 g/mol. The van der Waals surface area contributed by atoms with E-state index in [9.17, 15) is 4.79 Å². The molecule has 0 spiro atoms. The van der Waals surface area contributed by atoms with Crippen LogP contribution in [0.25, 0.3) is 0 Å². The fourth-order valence-corrected chi connectivity index (χ4v) is 9.86. The van der Waals surface area contributed by atoms with Crippen molar-refractivity contribution in [3.8, 4) is 0 Å². The molecule has 4 aliphatic carbocycles. The topological polar surface area (TPSA) is 26.3 Å². The number of hydrogen-bond donors (Lipinski definition) is 0. The summed E-state index contributed by atoms with van der Waals surface area (Å²) < 4.78 is 5.87. The van der Waals surface area contributed by atoms with Gasteiger partial charge in [-0.25, -0.2) is 0 Å². The van der Waals surface area contributed by atoms with Gasteiger partial charge in [0.25, 0.3) is 0 Å². The first-order valence-corrected chi connectivity index (χ1v) is 14.3. The molecule has 4 aliphatic rings. The highest BCUT2D eigenvalue weighted by atomic mass is 16.5. The fraction of sp³-hybridized carbons (Fsp3) is 0.844. The van der Waals surface area contributed by atoms with E-state index in [0.29, 0.717) is 16.7 Å². The summed E-state index contributed by atoms with van der Waals surface area (Å²) in [5.74, 6) is 2.13. The first kappa shape index (κ1) is 26.0. The molecule has 34 heavy (non-hydrogen) atoms. The van der Waals surface area contributed by atoms with E-state index < -0.39 is 0 Å². The molecule has 4 rings (SSSR count). The van der Waals surface area contributed by atoms with E-state index in [0.717, 1.165) is 18.3 Å². The van der Waals surface area contributed by atoms with Crippen molar-refractivity contribution in [3.05, 3.63) is 22.8 Å². The molecular formula is C32H52O2. The highest BCUT2D eigenvalue weighted by Crippen LogP contribution is 2.72. The van der Waals surface area contributed by atoms with Gasteiger partial charge >= 0.3 is 5.97 Å². The quantitative estimate of drug-likeness (QED) is 0.297. The van der Waals surface area contributed by atoms with Crippen LogP contribution in [0.5, 0.6) is 0 Å². The van der Waals surface area contributed by atoms with E-state index in [1.165, 1.54) is 63.4 Å². The third kappa shape index (κ3) is 3.85. The lowest BCUT2D eigenvalue weighted by molar-refractivity contribution is -0.167. The normalized spacial score (nSPS) is 41.7. The molecule has 3 unspecified atom stereocenters. The Hall–Kier alpha value is -1.05. The summed E-state index contributed by atoms with van der Waals surface area (Å²) in [6, 6.07) is 0. The maximum absolute atomic E-state index is 11.8. The third-order valence-electron chi connectivity index (χ3n) is 11.9. The Labute approximate surface area is 210 Å². The second kappa shape index (κ2) is 8.81. The maximum atomic E-state index is 11.8. The summed E-state index contributed by atoms with van der Waals surface area (Å²) in [6.45, 7) is 21.2. The van der Waals surface area contributed by atoms with Crippen molar-refractivity contribution < 1.29 is 9.53 Å². The Balaban J connectivity index is 1.63. The zero-order valence-electron chi connectivity index (χ0n) is 23.8. The van der Waals surface area contributed by atoms with Crippen LogP contribution in [0.1, 0.15) is 127 Å². The molecule has 0 amide bonds. The van der Waals surface area contributed by atoms with Crippen molar-refractivity contribution in [3.63, 3.8) is 0 Å². The number of ether oxygens (including phenoxy) is 1. The van der Waals surface area contributed by atoms with E-state index in [2.05, 4.69) is 61.5 Å². The van der Waals surface area contributed by atoms with Crippen molar-refractivity contribution in [2.75, 3.05) is 0 Å². The zero-order valence-corrected chi connectivity index (χ0v) is 23.8. The van der Waals surface area contributed by atoms with Gasteiger partial charge in [-0.05, 0) is 112 Å². The van der Waals surface area contributed by atoms with Gasteiger partial charge in [-0.3, -0.25) is 4.79 Å². The van der Waals surface area contributed by atoms with Crippen LogP contribution in [0.3, 0.4) is 0 Å². The van der Waals surface area contributed by atoms with E-state index >= 15 is 0 Å². The first-order chi connectivity index (χ1) is 15.8. The number of allylic oxidation sites excluding steroid dienone is 4. The molecule has 192 valence electrons. The minimum absolute atomic E-state index is 0.0382. The van der Waals surface area contributed by atoms with Gasteiger partial charge in [0.2, 0.25) is 0 Å². The number of carbonyl (C=O) groups is 1. The largest absolute Gasteiger partial charge is 0.462 e. The molecule has 0 radical (unpaired) electrons. The van der Waals surface area contributed by atoms with Crippen LogP contribution in [0.15, 0.2) is 22.8 Å². The molecule has 0 heterocycles. The molecule has 0 bridgehead atoms. The molecule has 0 aromatic carbocycles. The van der Waals surface area contributed by atoms with Crippen LogP contribution in [-0.2, 0) is 9.53 Å². The van der Waals surface area contributed by atoms with E-state index in [4.69, 9.17) is 4.74 Å². The van der Waals surface area contributed by atoms with Crippen LogP contribution in [0.4, 0.5) is 0 Å². The van der Waals surface area contributed by atoms with Gasteiger partial charge in [0.05, 0.1) is 0 Å². The fourth-order valence-electron chi connectivity index (χ4n) is 9.86. The number of rotatable bonds is 5. The zero-order chi connectivity index (χ0) is 25.1. The summed E-state index contributed by atoms with van der Waals surface area (Å²) in [4.78, 5) is 11.8. The second-order valence-corrected chi connectivity index (χ2v) is 14.2. The average molecular weight is 469 g/mol. The van der Waals surface area contributed by atoms with Gasteiger partial charge in [0, 0.05) is 12.3 Å². The lowest BCUT2D eigenvalue weighted by atomic mass is 9.43. The number of esters is 1. The Morgan fingerprint density at radius 2 is 1.68 bits per heavy atom. The van der Waals surface area contributed by atoms with Crippen molar-refractivity contribution >= 4 is 5.97 Å². The van der Waals surface area contributed by atoms with E-state index in [1.54, 1.807) is 6.92 Å². The summed E-state index contributed by atoms with van der Waals surface area (Å²) in [6.07, 6.45) is 15.2. The number of hydrogen-bond acceptors (Lipinski definition) is 2. The Bertz CT molecular complexity index is 873. The predicted octanol–water partition coefficient (Wildman–Crippen LogP) is 9.05. The molecule has 0 aliphatic heterocycles. The summed E-state index contributed by atoms with van der Waals surface area (Å²) in [7, 11) is 0. The lowest BCUT2D eigenvalue weighted by Gasteiger charge is -2.62. The van der Waals surface area contributed by atoms with Crippen LogP contribution in [0, 0.1) is 39.4 Å². The smallest absolute Gasteiger partial charge is 0.302 e. The molecule has 2 fully saturated rings.